The number of benzene rings is 2. The Morgan fingerprint density at radius 1 is 1.16 bits per heavy atom. The maximum atomic E-state index is 13.1. The molecule has 32 heavy (non-hydrogen) atoms. The molecule has 2 aliphatic heterocycles. The summed E-state index contributed by atoms with van der Waals surface area (Å²) < 4.78 is 5.53. The van der Waals surface area contributed by atoms with Crippen molar-refractivity contribution in [2.24, 2.45) is 0 Å². The van der Waals surface area contributed by atoms with Crippen LogP contribution in [0.15, 0.2) is 53.2 Å². The molecule has 1 saturated heterocycles. The van der Waals surface area contributed by atoms with E-state index in [4.69, 9.17) is 16.3 Å². The summed E-state index contributed by atoms with van der Waals surface area (Å²) in [5.41, 5.74) is 3.17. The topological polar surface area (TPSA) is 87.7 Å². The van der Waals surface area contributed by atoms with Crippen molar-refractivity contribution < 1.29 is 19.1 Å². The average Bonchev–Trinajstić information content (AvgIpc) is 3.38. The molecule has 2 aromatic rings. The fourth-order valence-electron chi connectivity index (χ4n) is 3.80. The normalized spacial score (nSPS) is 18.5. The van der Waals surface area contributed by atoms with Crippen LogP contribution in [0.3, 0.4) is 0 Å². The van der Waals surface area contributed by atoms with Gasteiger partial charge in [-0.05, 0) is 62.1 Å². The van der Waals surface area contributed by atoms with Crippen molar-refractivity contribution in [1.82, 2.24) is 5.32 Å². The minimum absolute atomic E-state index is 0.0190. The van der Waals surface area contributed by atoms with Crippen LogP contribution >= 0.6 is 11.6 Å². The van der Waals surface area contributed by atoms with E-state index in [1.54, 1.807) is 36.4 Å². The third kappa shape index (κ3) is 4.26. The monoisotopic (exact) mass is 453 g/mol. The Labute approximate surface area is 191 Å². The smallest absolute Gasteiger partial charge is 0.283 e. The molecule has 4 rings (SSSR count). The molecule has 0 aromatic heterocycles. The van der Waals surface area contributed by atoms with E-state index >= 15 is 0 Å². The lowest BCUT2D eigenvalue weighted by atomic mass is 10.1. The molecule has 3 amide bonds. The van der Waals surface area contributed by atoms with E-state index in [1.165, 1.54) is 0 Å². The highest BCUT2D eigenvalue weighted by Gasteiger charge is 2.39. The summed E-state index contributed by atoms with van der Waals surface area (Å²) in [5, 5.41) is 5.60. The summed E-state index contributed by atoms with van der Waals surface area (Å²) in [6.07, 6.45) is 1.98. The van der Waals surface area contributed by atoms with Gasteiger partial charge in [-0.25, -0.2) is 4.90 Å². The Kier molecular flexibility index (Phi) is 6.30. The lowest BCUT2D eigenvalue weighted by Gasteiger charge is -2.18. The van der Waals surface area contributed by atoms with Crippen molar-refractivity contribution in [3.05, 3.63) is 69.9 Å². The number of imide groups is 1. The van der Waals surface area contributed by atoms with E-state index in [2.05, 4.69) is 10.6 Å². The van der Waals surface area contributed by atoms with Crippen molar-refractivity contribution in [2.45, 2.75) is 32.8 Å². The first-order valence-corrected chi connectivity index (χ1v) is 10.9. The van der Waals surface area contributed by atoms with E-state index in [0.717, 1.165) is 35.5 Å². The number of carbonyl (C=O) groups is 3. The highest BCUT2D eigenvalue weighted by molar-refractivity contribution is 6.53. The summed E-state index contributed by atoms with van der Waals surface area (Å²) in [6.45, 7) is 4.93. The Morgan fingerprint density at radius 2 is 1.94 bits per heavy atom. The zero-order valence-corrected chi connectivity index (χ0v) is 18.7. The number of hydrogen-bond donors (Lipinski definition) is 2. The van der Waals surface area contributed by atoms with Gasteiger partial charge in [-0.3, -0.25) is 14.4 Å². The Balaban J connectivity index is 1.50. The summed E-state index contributed by atoms with van der Waals surface area (Å²) in [4.78, 5) is 39.4. The van der Waals surface area contributed by atoms with Gasteiger partial charge in [-0.15, -0.1) is 0 Å². The van der Waals surface area contributed by atoms with Crippen LogP contribution in [0.4, 0.5) is 11.4 Å². The maximum absolute atomic E-state index is 13.1. The van der Waals surface area contributed by atoms with Gasteiger partial charge in [0.15, 0.2) is 0 Å². The van der Waals surface area contributed by atoms with Crippen LogP contribution in [0.5, 0.6) is 0 Å². The molecule has 0 saturated carbocycles. The Morgan fingerprint density at radius 3 is 2.69 bits per heavy atom. The number of nitrogens with zero attached hydrogens (tertiary/aromatic N) is 1. The zero-order chi connectivity index (χ0) is 22.8. The zero-order valence-electron chi connectivity index (χ0n) is 17.9. The quantitative estimate of drug-likeness (QED) is 0.652. The van der Waals surface area contributed by atoms with Crippen LogP contribution in [0.1, 0.15) is 34.3 Å². The molecule has 2 aromatic carbocycles. The number of hydrogen-bond acceptors (Lipinski definition) is 5. The molecule has 0 aliphatic carbocycles. The van der Waals surface area contributed by atoms with Gasteiger partial charge in [0, 0.05) is 24.4 Å². The largest absolute Gasteiger partial charge is 0.376 e. The van der Waals surface area contributed by atoms with E-state index in [-0.39, 0.29) is 22.7 Å². The molecule has 0 bridgehead atoms. The van der Waals surface area contributed by atoms with Crippen molar-refractivity contribution in [3.63, 3.8) is 0 Å². The number of nitrogens with one attached hydrogen (secondary N) is 2. The van der Waals surface area contributed by atoms with Gasteiger partial charge < -0.3 is 15.4 Å². The second-order valence-electron chi connectivity index (χ2n) is 7.90. The molecule has 2 heterocycles. The lowest BCUT2D eigenvalue weighted by molar-refractivity contribution is -0.120. The molecule has 0 spiro atoms. The number of carbonyl (C=O) groups excluding carboxylic acids is 3. The van der Waals surface area contributed by atoms with Crippen LogP contribution in [0.25, 0.3) is 0 Å². The van der Waals surface area contributed by atoms with E-state index in [1.807, 2.05) is 19.9 Å². The molecular formula is C24H24ClN3O4. The van der Waals surface area contributed by atoms with Gasteiger partial charge in [0.05, 0.1) is 11.8 Å². The predicted molar refractivity (Wildman–Crippen MR) is 123 cm³/mol. The fourth-order valence-corrected chi connectivity index (χ4v) is 4.02. The number of ether oxygens (including phenoxy) is 1. The molecule has 1 unspecified atom stereocenters. The van der Waals surface area contributed by atoms with Gasteiger partial charge in [0.25, 0.3) is 17.7 Å². The van der Waals surface area contributed by atoms with Crippen molar-refractivity contribution in [2.75, 3.05) is 23.4 Å². The van der Waals surface area contributed by atoms with E-state index in [9.17, 15) is 14.4 Å². The van der Waals surface area contributed by atoms with Gasteiger partial charge >= 0.3 is 0 Å². The summed E-state index contributed by atoms with van der Waals surface area (Å²) in [7, 11) is 0. The minimum atomic E-state index is -0.585. The predicted octanol–water partition coefficient (Wildman–Crippen LogP) is 3.65. The van der Waals surface area contributed by atoms with Crippen molar-refractivity contribution >= 4 is 40.7 Å². The van der Waals surface area contributed by atoms with Crippen LogP contribution in [0, 0.1) is 13.8 Å². The second-order valence-corrected chi connectivity index (χ2v) is 8.28. The first-order valence-electron chi connectivity index (χ1n) is 10.5. The summed E-state index contributed by atoms with van der Waals surface area (Å²) in [5.74, 6) is -1.37. The lowest BCUT2D eigenvalue weighted by Crippen LogP contribution is -2.33. The van der Waals surface area contributed by atoms with Gasteiger partial charge in [0.2, 0.25) is 0 Å². The molecule has 166 valence electrons. The standard InChI is InChI=1S/C24H24ClN3O4/c1-14-6-3-10-19(15(14)2)28-23(30)20(25)21(24(28)31)27-17-8-4-7-16(12-17)22(29)26-13-18-9-5-11-32-18/h3-4,6-8,10,12,18,27H,5,9,11,13H2,1-2H3,(H,26,29). The number of aryl methyl sites for hydroxylation is 1. The fraction of sp³-hybridized carbons (Fsp3) is 0.292. The van der Waals surface area contributed by atoms with Crippen molar-refractivity contribution in [3.8, 4) is 0 Å². The molecule has 1 fully saturated rings. The highest BCUT2D eigenvalue weighted by Crippen LogP contribution is 2.33. The van der Waals surface area contributed by atoms with Crippen LogP contribution in [0.2, 0.25) is 0 Å². The SMILES string of the molecule is Cc1cccc(N2C(=O)C(Cl)=C(Nc3cccc(C(=O)NCC4CCCO4)c3)C2=O)c1C. The maximum Gasteiger partial charge on any atom is 0.283 e. The van der Waals surface area contributed by atoms with E-state index in [0.29, 0.717) is 23.5 Å². The minimum Gasteiger partial charge on any atom is -0.376 e. The molecule has 7 nitrogen and oxygen atoms in total. The molecule has 0 radical (unpaired) electrons. The third-order valence-corrected chi connectivity index (χ3v) is 6.10. The number of halogens is 1. The molecule has 1 atom stereocenters. The van der Waals surface area contributed by atoms with E-state index < -0.39 is 11.8 Å². The van der Waals surface area contributed by atoms with Crippen LogP contribution < -0.4 is 15.5 Å². The van der Waals surface area contributed by atoms with Crippen LogP contribution in [-0.4, -0.2) is 37.0 Å². The number of anilines is 2. The summed E-state index contributed by atoms with van der Waals surface area (Å²) in [6, 6.07) is 12.1. The van der Waals surface area contributed by atoms with Crippen LogP contribution in [-0.2, 0) is 14.3 Å². The molecular weight excluding hydrogens is 430 g/mol. The third-order valence-electron chi connectivity index (χ3n) is 5.75. The Hall–Kier alpha value is -3.16. The summed E-state index contributed by atoms with van der Waals surface area (Å²) >= 11 is 6.25. The van der Waals surface area contributed by atoms with Gasteiger partial charge in [0.1, 0.15) is 10.7 Å². The first kappa shape index (κ1) is 22.0. The molecule has 2 N–H and O–H groups in total. The molecule has 8 heteroatoms. The molecule has 2 aliphatic rings. The van der Waals surface area contributed by atoms with Gasteiger partial charge in [-0.2, -0.15) is 0 Å². The second kappa shape index (κ2) is 9.14. The Bertz CT molecular complexity index is 1120. The highest BCUT2D eigenvalue weighted by atomic mass is 35.5. The first-order chi connectivity index (χ1) is 15.4. The number of amides is 3. The average molecular weight is 454 g/mol. The van der Waals surface area contributed by atoms with Gasteiger partial charge in [-0.1, -0.05) is 29.8 Å². The number of rotatable bonds is 6. The van der Waals surface area contributed by atoms with Crippen molar-refractivity contribution in [1.29, 1.82) is 0 Å².